The van der Waals surface area contributed by atoms with Gasteiger partial charge in [0, 0.05) is 43.2 Å². The van der Waals surface area contributed by atoms with Crippen LogP contribution in [-0.2, 0) is 14.9 Å². The summed E-state index contributed by atoms with van der Waals surface area (Å²) in [6.45, 7) is 6.19. The molecule has 0 spiro atoms. The Labute approximate surface area is 206 Å². The van der Waals surface area contributed by atoms with Crippen molar-refractivity contribution in [3.8, 4) is 5.75 Å². The van der Waals surface area contributed by atoms with Gasteiger partial charge < -0.3 is 19.7 Å². The summed E-state index contributed by atoms with van der Waals surface area (Å²) in [7, 11) is 0. The van der Waals surface area contributed by atoms with Crippen molar-refractivity contribution in [2.45, 2.75) is 42.9 Å². The molecule has 6 nitrogen and oxygen atoms in total. The van der Waals surface area contributed by atoms with Crippen LogP contribution in [0.25, 0.3) is 0 Å². The van der Waals surface area contributed by atoms with E-state index in [2.05, 4.69) is 17.4 Å². The van der Waals surface area contributed by atoms with Crippen LogP contribution in [0.1, 0.15) is 48.5 Å². The van der Waals surface area contributed by atoms with E-state index in [1.165, 1.54) is 17.3 Å². The number of nitrogens with one attached hydrogen (secondary N) is 1. The molecule has 2 aromatic rings. The van der Waals surface area contributed by atoms with Crippen LogP contribution in [0.2, 0.25) is 0 Å². The maximum Gasteiger partial charge on any atom is 0.252 e. The maximum atomic E-state index is 13.3. The van der Waals surface area contributed by atoms with Crippen LogP contribution in [0.4, 0.5) is 0 Å². The number of carbonyl (C=O) groups excluding carboxylic acids is 2. The smallest absolute Gasteiger partial charge is 0.252 e. The second-order valence-corrected chi connectivity index (χ2v) is 9.92. The van der Waals surface area contributed by atoms with E-state index in [4.69, 9.17) is 9.47 Å². The number of hydrogen-bond acceptors (Lipinski definition) is 5. The number of nitrogens with zero attached hydrogens (tertiary/aromatic N) is 1. The summed E-state index contributed by atoms with van der Waals surface area (Å²) in [6, 6.07) is 15.8. The fourth-order valence-electron chi connectivity index (χ4n) is 4.72. The second-order valence-electron chi connectivity index (χ2n) is 8.91. The average Bonchev–Trinajstić information content (AvgIpc) is 3.43. The van der Waals surface area contributed by atoms with Crippen LogP contribution in [0.15, 0.2) is 53.4 Å². The Morgan fingerprint density at radius 1 is 1.06 bits per heavy atom. The van der Waals surface area contributed by atoms with E-state index in [0.717, 1.165) is 49.4 Å². The molecule has 2 saturated heterocycles. The van der Waals surface area contributed by atoms with E-state index < -0.39 is 0 Å². The van der Waals surface area contributed by atoms with Crippen molar-refractivity contribution in [2.24, 2.45) is 0 Å². The molecule has 0 saturated carbocycles. The van der Waals surface area contributed by atoms with Crippen LogP contribution in [0.3, 0.4) is 0 Å². The van der Waals surface area contributed by atoms with E-state index in [1.807, 2.05) is 48.2 Å². The quantitative estimate of drug-likeness (QED) is 0.541. The molecule has 0 aromatic heterocycles. The molecule has 7 heteroatoms. The first-order valence-corrected chi connectivity index (χ1v) is 13.2. The van der Waals surface area contributed by atoms with Gasteiger partial charge in [0.15, 0.2) is 0 Å². The molecule has 4 rings (SSSR count). The molecule has 0 bridgehead atoms. The topological polar surface area (TPSA) is 67.9 Å². The van der Waals surface area contributed by atoms with Crippen LogP contribution in [-0.4, -0.2) is 61.9 Å². The van der Waals surface area contributed by atoms with Crippen molar-refractivity contribution < 1.29 is 19.1 Å². The number of thioether (sulfide) groups is 1. The Bertz CT molecular complexity index is 967. The van der Waals surface area contributed by atoms with Crippen molar-refractivity contribution in [3.05, 3.63) is 59.7 Å². The van der Waals surface area contributed by atoms with E-state index in [-0.39, 0.29) is 17.2 Å². The molecule has 2 amide bonds. The zero-order valence-electron chi connectivity index (χ0n) is 19.9. The summed E-state index contributed by atoms with van der Waals surface area (Å²) < 4.78 is 11.2. The number of benzene rings is 2. The first-order valence-electron chi connectivity index (χ1n) is 12.2. The third-order valence-corrected chi connectivity index (χ3v) is 7.81. The predicted octanol–water partition coefficient (Wildman–Crippen LogP) is 4.28. The molecular formula is C27H34N2O4S. The minimum absolute atomic E-state index is 0.103. The highest BCUT2D eigenvalue weighted by molar-refractivity contribution is 8.00. The summed E-state index contributed by atoms with van der Waals surface area (Å²) in [5.41, 5.74) is 1.64. The van der Waals surface area contributed by atoms with Gasteiger partial charge >= 0.3 is 0 Å². The Kier molecular flexibility index (Phi) is 8.51. The molecule has 2 heterocycles. The minimum atomic E-state index is -0.174. The Morgan fingerprint density at radius 3 is 2.47 bits per heavy atom. The van der Waals surface area contributed by atoms with Crippen molar-refractivity contribution in [2.75, 3.05) is 45.2 Å². The van der Waals surface area contributed by atoms with Gasteiger partial charge in [-0.3, -0.25) is 9.59 Å². The van der Waals surface area contributed by atoms with Crippen molar-refractivity contribution >= 4 is 23.6 Å². The average molecular weight is 483 g/mol. The van der Waals surface area contributed by atoms with Gasteiger partial charge in [0.25, 0.3) is 5.91 Å². The van der Waals surface area contributed by atoms with E-state index in [1.54, 1.807) is 0 Å². The predicted molar refractivity (Wildman–Crippen MR) is 135 cm³/mol. The number of carbonyl (C=O) groups is 2. The lowest BCUT2D eigenvalue weighted by Crippen LogP contribution is -2.44. The van der Waals surface area contributed by atoms with Crippen molar-refractivity contribution in [3.63, 3.8) is 0 Å². The lowest BCUT2D eigenvalue weighted by molar-refractivity contribution is -0.127. The van der Waals surface area contributed by atoms with Gasteiger partial charge in [-0.15, -0.1) is 11.8 Å². The molecule has 2 fully saturated rings. The highest BCUT2D eigenvalue weighted by Gasteiger charge is 2.35. The van der Waals surface area contributed by atoms with E-state index in [0.29, 0.717) is 37.7 Å². The van der Waals surface area contributed by atoms with E-state index in [9.17, 15) is 9.59 Å². The monoisotopic (exact) mass is 482 g/mol. The van der Waals surface area contributed by atoms with Gasteiger partial charge in [-0.25, -0.2) is 0 Å². The Morgan fingerprint density at radius 2 is 1.76 bits per heavy atom. The first-order chi connectivity index (χ1) is 16.6. The molecule has 0 aliphatic carbocycles. The standard InChI is InChI=1S/C27H34N2O4S/c1-2-33-22-11-9-21(10-12-22)27(13-17-32-18-14-27)20-28-26(31)23-7-3-4-8-24(23)34-19-25(30)29-15-5-6-16-29/h3-4,7-12H,2,5-6,13-20H2,1H3,(H,28,31). The second kappa shape index (κ2) is 11.8. The van der Waals surface area contributed by atoms with Gasteiger partial charge in [0.2, 0.25) is 5.91 Å². The molecule has 0 unspecified atom stereocenters. The van der Waals surface area contributed by atoms with Gasteiger partial charge in [0.05, 0.1) is 17.9 Å². The van der Waals surface area contributed by atoms with Gasteiger partial charge in [-0.1, -0.05) is 24.3 Å². The van der Waals surface area contributed by atoms with Crippen LogP contribution in [0, 0.1) is 0 Å². The molecule has 2 aliphatic rings. The number of hydrogen-bond donors (Lipinski definition) is 1. The first kappa shape index (κ1) is 24.6. The molecule has 0 radical (unpaired) electrons. The SMILES string of the molecule is CCOc1ccc(C2(CNC(=O)c3ccccc3SCC(=O)N3CCCC3)CCOCC2)cc1. The third-order valence-electron chi connectivity index (χ3n) is 6.76. The van der Waals surface area contributed by atoms with Crippen molar-refractivity contribution in [1.29, 1.82) is 0 Å². The fraction of sp³-hybridized carbons (Fsp3) is 0.481. The molecule has 0 atom stereocenters. The summed E-state index contributed by atoms with van der Waals surface area (Å²) >= 11 is 1.45. The zero-order chi connectivity index (χ0) is 23.8. The molecule has 1 N–H and O–H groups in total. The summed E-state index contributed by atoms with van der Waals surface area (Å²) in [6.07, 6.45) is 3.86. The van der Waals surface area contributed by atoms with E-state index >= 15 is 0 Å². The van der Waals surface area contributed by atoms with Crippen LogP contribution in [0.5, 0.6) is 5.75 Å². The van der Waals surface area contributed by atoms with Crippen LogP contribution >= 0.6 is 11.8 Å². The number of ether oxygens (including phenoxy) is 2. The Balaban J connectivity index is 1.43. The molecule has 2 aliphatic heterocycles. The third kappa shape index (κ3) is 5.94. The van der Waals surface area contributed by atoms with Crippen molar-refractivity contribution in [1.82, 2.24) is 10.2 Å². The van der Waals surface area contributed by atoms with Gasteiger partial charge in [-0.2, -0.15) is 0 Å². The summed E-state index contributed by atoms with van der Waals surface area (Å²) in [5.74, 6) is 1.26. The number of amides is 2. The van der Waals surface area contributed by atoms with Crippen LogP contribution < -0.4 is 10.1 Å². The molecule has 182 valence electrons. The summed E-state index contributed by atoms with van der Waals surface area (Å²) in [4.78, 5) is 28.5. The minimum Gasteiger partial charge on any atom is -0.494 e. The Hall–Kier alpha value is -2.51. The van der Waals surface area contributed by atoms with Gasteiger partial charge in [0.1, 0.15) is 5.75 Å². The maximum absolute atomic E-state index is 13.3. The highest BCUT2D eigenvalue weighted by atomic mass is 32.2. The lowest BCUT2D eigenvalue weighted by atomic mass is 9.74. The molecular weight excluding hydrogens is 448 g/mol. The number of likely N-dealkylation sites (tertiary alicyclic amines) is 1. The van der Waals surface area contributed by atoms with Gasteiger partial charge in [-0.05, 0) is 62.4 Å². The normalized spacial score (nSPS) is 17.4. The largest absolute Gasteiger partial charge is 0.494 e. The molecule has 2 aromatic carbocycles. The zero-order valence-corrected chi connectivity index (χ0v) is 20.7. The lowest BCUT2D eigenvalue weighted by Gasteiger charge is -2.38. The summed E-state index contributed by atoms with van der Waals surface area (Å²) in [5, 5.41) is 3.20. The highest BCUT2D eigenvalue weighted by Crippen LogP contribution is 2.35. The molecule has 34 heavy (non-hydrogen) atoms. The fourth-order valence-corrected chi connectivity index (χ4v) is 5.68. The number of rotatable bonds is 9.